The summed E-state index contributed by atoms with van der Waals surface area (Å²) in [7, 11) is -1.54. The highest BCUT2D eigenvalue weighted by atomic mass is 32.2. The molecule has 2 aromatic carbocycles. The predicted octanol–water partition coefficient (Wildman–Crippen LogP) is 5.70. The largest absolute Gasteiger partial charge is 0.494 e. The summed E-state index contributed by atoms with van der Waals surface area (Å²) in [6, 6.07) is 15.7. The fourth-order valence-corrected chi connectivity index (χ4v) is 6.32. The molecular weight excluding hydrogens is 486 g/mol. The lowest BCUT2D eigenvalue weighted by molar-refractivity contribution is -0.122. The van der Waals surface area contributed by atoms with Crippen LogP contribution < -0.4 is 10.5 Å². The van der Waals surface area contributed by atoms with Gasteiger partial charge in [0.05, 0.1) is 23.7 Å². The summed E-state index contributed by atoms with van der Waals surface area (Å²) in [5.74, 6) is 1.10. The Labute approximate surface area is 221 Å². The van der Waals surface area contributed by atoms with Gasteiger partial charge in [-0.05, 0) is 80.5 Å². The molecule has 0 aliphatic carbocycles. The lowest BCUT2D eigenvalue weighted by Gasteiger charge is -2.33. The van der Waals surface area contributed by atoms with Crippen molar-refractivity contribution in [2.75, 3.05) is 19.8 Å². The zero-order valence-corrected chi connectivity index (χ0v) is 22.4. The molecule has 1 fully saturated rings. The van der Waals surface area contributed by atoms with Gasteiger partial charge >= 0.3 is 0 Å². The summed E-state index contributed by atoms with van der Waals surface area (Å²) >= 11 is 0. The Morgan fingerprint density at radius 2 is 1.92 bits per heavy atom. The van der Waals surface area contributed by atoms with E-state index in [0.717, 1.165) is 36.1 Å². The van der Waals surface area contributed by atoms with Crippen LogP contribution in [-0.2, 0) is 33.2 Å². The Morgan fingerprint density at radius 3 is 2.59 bits per heavy atom. The average Bonchev–Trinajstić information content (AvgIpc) is 3.34. The summed E-state index contributed by atoms with van der Waals surface area (Å²) in [4.78, 5) is 12.7. The number of carbonyl (C=O) groups excluding carboxylic acids is 1. The van der Waals surface area contributed by atoms with E-state index in [1.807, 2.05) is 25.3 Å². The van der Waals surface area contributed by atoms with E-state index in [1.165, 1.54) is 11.1 Å². The van der Waals surface area contributed by atoms with E-state index in [9.17, 15) is 9.00 Å². The monoisotopic (exact) mass is 521 g/mol. The van der Waals surface area contributed by atoms with Crippen LogP contribution in [0.4, 0.5) is 0 Å². The van der Waals surface area contributed by atoms with Crippen molar-refractivity contribution in [1.82, 2.24) is 0 Å². The summed E-state index contributed by atoms with van der Waals surface area (Å²) in [6.07, 6.45) is 9.24. The zero-order chi connectivity index (χ0) is 26.3. The Morgan fingerprint density at radius 1 is 1.16 bits per heavy atom. The molecule has 0 spiro atoms. The van der Waals surface area contributed by atoms with Crippen molar-refractivity contribution in [3.63, 3.8) is 0 Å². The lowest BCUT2D eigenvalue weighted by Crippen LogP contribution is -2.51. The van der Waals surface area contributed by atoms with Gasteiger partial charge in [-0.3, -0.25) is 9.00 Å². The van der Waals surface area contributed by atoms with Crippen molar-refractivity contribution in [2.24, 2.45) is 5.73 Å². The van der Waals surface area contributed by atoms with Crippen LogP contribution in [0.25, 0.3) is 17.2 Å². The number of primary amides is 1. The fourth-order valence-electron chi connectivity index (χ4n) is 4.77. The van der Waals surface area contributed by atoms with Crippen LogP contribution in [0.1, 0.15) is 50.0 Å². The zero-order valence-electron chi connectivity index (χ0n) is 21.5. The maximum atomic E-state index is 13.2. The summed E-state index contributed by atoms with van der Waals surface area (Å²) in [6.45, 7) is 5.47. The molecule has 6 nitrogen and oxygen atoms in total. The van der Waals surface area contributed by atoms with Crippen LogP contribution in [0.3, 0.4) is 0 Å². The van der Waals surface area contributed by atoms with Crippen molar-refractivity contribution < 1.29 is 22.9 Å². The van der Waals surface area contributed by atoms with Gasteiger partial charge < -0.3 is 19.6 Å². The molecule has 0 saturated carbocycles. The SMILES string of the molecule is C/C=C\c1occ(-c2cccc(CCCOc3ccc(S(=O)C4(C(N)=O)CCOCC4)cc3)c2)c1CC. The summed E-state index contributed by atoms with van der Waals surface area (Å²) in [5.41, 5.74) is 10.4. The number of benzene rings is 2. The standard InChI is InChI=1S/C30H35NO5S/c1-3-7-28-26(4-2)27(21-36-28)23-10-5-8-22(20-23)9-6-17-35-24-11-13-25(14-12-24)37(33)30(29(31)32)15-18-34-19-16-30/h3,5,7-8,10-14,20-21H,4,6,9,15-19H2,1-2H3,(H2,31,32)/b7-3-. The van der Waals surface area contributed by atoms with Gasteiger partial charge in [0, 0.05) is 29.2 Å². The molecule has 196 valence electrons. The Bertz CT molecular complexity index is 1260. The molecule has 1 aromatic heterocycles. The fraction of sp³-hybridized carbons (Fsp3) is 0.367. The van der Waals surface area contributed by atoms with Crippen LogP contribution in [0.5, 0.6) is 5.75 Å². The average molecular weight is 522 g/mol. The van der Waals surface area contributed by atoms with Gasteiger partial charge in [-0.2, -0.15) is 0 Å². The summed E-state index contributed by atoms with van der Waals surface area (Å²) in [5, 5.41) is 0. The maximum absolute atomic E-state index is 13.2. The number of allylic oxidation sites excluding steroid dienone is 1. The smallest absolute Gasteiger partial charge is 0.236 e. The van der Waals surface area contributed by atoms with Gasteiger partial charge in [0.2, 0.25) is 5.91 Å². The minimum atomic E-state index is -1.54. The first-order valence-corrected chi connectivity index (χ1v) is 14.0. The van der Waals surface area contributed by atoms with Crippen LogP contribution in [-0.4, -0.2) is 34.7 Å². The van der Waals surface area contributed by atoms with Crippen molar-refractivity contribution in [2.45, 2.75) is 55.6 Å². The molecule has 7 heteroatoms. The second-order valence-electron chi connectivity index (χ2n) is 9.21. The second kappa shape index (κ2) is 12.4. The van der Waals surface area contributed by atoms with Crippen molar-refractivity contribution in [3.05, 3.63) is 77.8 Å². The molecule has 2 N–H and O–H groups in total. The van der Waals surface area contributed by atoms with E-state index in [0.29, 0.717) is 43.3 Å². The number of nitrogens with two attached hydrogens (primary N) is 1. The van der Waals surface area contributed by atoms with Gasteiger partial charge in [-0.15, -0.1) is 0 Å². The van der Waals surface area contributed by atoms with E-state index >= 15 is 0 Å². The quantitative estimate of drug-likeness (QED) is 0.327. The number of amides is 1. The molecule has 37 heavy (non-hydrogen) atoms. The predicted molar refractivity (Wildman–Crippen MR) is 147 cm³/mol. The lowest BCUT2D eigenvalue weighted by atomic mass is 9.98. The van der Waals surface area contributed by atoms with E-state index in [1.54, 1.807) is 24.3 Å². The first kappa shape index (κ1) is 26.9. The van der Waals surface area contributed by atoms with Gasteiger partial charge in [0.1, 0.15) is 16.3 Å². The highest BCUT2D eigenvalue weighted by Gasteiger charge is 2.45. The topological polar surface area (TPSA) is 91.8 Å². The van der Waals surface area contributed by atoms with Gasteiger partial charge in [0.25, 0.3) is 0 Å². The Kier molecular flexibility index (Phi) is 9.00. The molecule has 1 amide bonds. The van der Waals surface area contributed by atoms with E-state index < -0.39 is 21.5 Å². The van der Waals surface area contributed by atoms with Gasteiger partial charge in [-0.25, -0.2) is 0 Å². The molecule has 1 aliphatic rings. The number of rotatable bonds is 11. The minimum absolute atomic E-state index is 0.367. The highest BCUT2D eigenvalue weighted by Crippen LogP contribution is 2.33. The van der Waals surface area contributed by atoms with Crippen LogP contribution in [0.15, 0.2) is 70.2 Å². The van der Waals surface area contributed by atoms with Crippen LogP contribution >= 0.6 is 0 Å². The number of carbonyl (C=O) groups is 1. The molecule has 0 bridgehead atoms. The number of hydrogen-bond acceptors (Lipinski definition) is 5. The molecule has 4 rings (SSSR count). The first-order valence-electron chi connectivity index (χ1n) is 12.8. The van der Waals surface area contributed by atoms with Crippen LogP contribution in [0, 0.1) is 0 Å². The van der Waals surface area contributed by atoms with Crippen molar-refractivity contribution >= 4 is 22.8 Å². The van der Waals surface area contributed by atoms with Crippen LogP contribution in [0.2, 0.25) is 0 Å². The Hall–Kier alpha value is -3.16. The van der Waals surface area contributed by atoms with E-state index in [-0.39, 0.29) is 0 Å². The minimum Gasteiger partial charge on any atom is -0.494 e. The third-order valence-electron chi connectivity index (χ3n) is 6.86. The molecule has 0 radical (unpaired) electrons. The van der Waals surface area contributed by atoms with Crippen molar-refractivity contribution in [1.29, 1.82) is 0 Å². The number of ether oxygens (including phenoxy) is 2. The molecule has 1 unspecified atom stereocenters. The van der Waals surface area contributed by atoms with E-state index in [2.05, 4.69) is 31.2 Å². The van der Waals surface area contributed by atoms with Gasteiger partial charge in [-0.1, -0.05) is 37.3 Å². The third kappa shape index (κ3) is 6.05. The number of hydrogen-bond donors (Lipinski definition) is 1. The number of furan rings is 1. The summed E-state index contributed by atoms with van der Waals surface area (Å²) < 4.78 is 29.2. The molecule has 2 heterocycles. The highest BCUT2D eigenvalue weighted by molar-refractivity contribution is 7.87. The van der Waals surface area contributed by atoms with Gasteiger partial charge in [0.15, 0.2) is 0 Å². The van der Waals surface area contributed by atoms with Crippen molar-refractivity contribution in [3.8, 4) is 16.9 Å². The second-order valence-corrected chi connectivity index (χ2v) is 11.0. The molecule has 1 aliphatic heterocycles. The molecule has 1 atom stereocenters. The third-order valence-corrected chi connectivity index (χ3v) is 8.88. The normalized spacial score (nSPS) is 16.1. The Balaban J connectivity index is 1.33. The first-order chi connectivity index (χ1) is 18.0. The molecule has 3 aromatic rings. The molecular formula is C30H35NO5S. The van der Waals surface area contributed by atoms with E-state index in [4.69, 9.17) is 19.6 Å². The maximum Gasteiger partial charge on any atom is 0.236 e. The molecule has 1 saturated heterocycles. The number of aryl methyl sites for hydroxylation is 1.